The third kappa shape index (κ3) is 3.82. The Balaban J connectivity index is 1.97. The lowest BCUT2D eigenvalue weighted by Gasteiger charge is -2.23. The highest BCUT2D eigenvalue weighted by atomic mass is 16.2. The summed E-state index contributed by atoms with van der Waals surface area (Å²) in [5.74, 6) is 0.0389. The number of benzene rings is 1. The summed E-state index contributed by atoms with van der Waals surface area (Å²) in [5.41, 5.74) is 1.27. The van der Waals surface area contributed by atoms with Gasteiger partial charge < -0.3 is 10.2 Å². The van der Waals surface area contributed by atoms with Crippen molar-refractivity contribution in [2.75, 3.05) is 18.4 Å². The van der Waals surface area contributed by atoms with Gasteiger partial charge in [0.25, 0.3) is 5.91 Å². The summed E-state index contributed by atoms with van der Waals surface area (Å²) in [6.45, 7) is 4.14. The van der Waals surface area contributed by atoms with Gasteiger partial charge in [0.15, 0.2) is 6.04 Å². The molecule has 0 saturated carbocycles. The molecular weight excluding hydrogens is 250 g/mol. The second kappa shape index (κ2) is 7.06. The van der Waals surface area contributed by atoms with E-state index in [0.29, 0.717) is 11.3 Å². The molecule has 0 bridgehead atoms. The number of nitrogens with zero attached hydrogens (tertiary/aromatic N) is 1. The summed E-state index contributed by atoms with van der Waals surface area (Å²) < 4.78 is 0. The van der Waals surface area contributed by atoms with Crippen LogP contribution in [0.5, 0.6) is 0 Å². The lowest BCUT2D eigenvalue weighted by Crippen LogP contribution is -3.16. The van der Waals surface area contributed by atoms with Crippen LogP contribution in [-0.4, -0.2) is 25.0 Å². The van der Waals surface area contributed by atoms with E-state index < -0.39 is 0 Å². The average molecular weight is 272 g/mol. The van der Waals surface area contributed by atoms with Crippen molar-refractivity contribution in [3.63, 3.8) is 0 Å². The first kappa shape index (κ1) is 14.5. The maximum absolute atomic E-state index is 12.3. The Hall–Kier alpha value is -1.86. The molecule has 1 aliphatic rings. The van der Waals surface area contributed by atoms with Crippen molar-refractivity contribution in [2.45, 2.75) is 38.6 Å². The molecule has 2 rings (SSSR count). The predicted molar refractivity (Wildman–Crippen MR) is 78.4 cm³/mol. The minimum Gasteiger partial charge on any atom is -0.325 e. The van der Waals surface area contributed by atoms with Gasteiger partial charge in [0.1, 0.15) is 0 Å². The number of nitriles is 1. The van der Waals surface area contributed by atoms with Crippen LogP contribution < -0.4 is 10.2 Å². The van der Waals surface area contributed by atoms with Gasteiger partial charge in [0.05, 0.1) is 24.7 Å². The van der Waals surface area contributed by atoms with Gasteiger partial charge in [-0.05, 0) is 50.8 Å². The molecule has 1 aromatic carbocycles. The van der Waals surface area contributed by atoms with Gasteiger partial charge in [-0.25, -0.2) is 0 Å². The Morgan fingerprint density at radius 2 is 2.00 bits per heavy atom. The van der Waals surface area contributed by atoms with E-state index in [0.717, 1.165) is 13.1 Å². The van der Waals surface area contributed by atoms with Crippen LogP contribution in [0.25, 0.3) is 0 Å². The van der Waals surface area contributed by atoms with E-state index in [1.165, 1.54) is 30.6 Å². The lowest BCUT2D eigenvalue weighted by atomic mass is 10.2. The number of anilines is 1. The van der Waals surface area contributed by atoms with E-state index in [9.17, 15) is 4.79 Å². The van der Waals surface area contributed by atoms with E-state index in [4.69, 9.17) is 5.26 Å². The van der Waals surface area contributed by atoms with E-state index in [2.05, 4.69) is 11.4 Å². The molecule has 1 amide bonds. The van der Waals surface area contributed by atoms with Crippen molar-refractivity contribution in [1.82, 2.24) is 0 Å². The molecule has 0 aromatic heterocycles. The summed E-state index contributed by atoms with van der Waals surface area (Å²) in [5, 5.41) is 11.8. The third-order valence-electron chi connectivity index (χ3n) is 4.01. The number of rotatable bonds is 3. The predicted octanol–water partition coefficient (Wildman–Crippen LogP) is 1.34. The zero-order chi connectivity index (χ0) is 14.4. The van der Waals surface area contributed by atoms with E-state index in [1.807, 2.05) is 13.0 Å². The van der Waals surface area contributed by atoms with Crippen LogP contribution in [0.4, 0.5) is 5.69 Å². The quantitative estimate of drug-likeness (QED) is 0.872. The SMILES string of the molecule is C[C@@H](C(=O)Nc1cccc(C#N)c1)[NH+]1CCCCCC1. The van der Waals surface area contributed by atoms with Gasteiger partial charge in [0.2, 0.25) is 0 Å². The van der Waals surface area contributed by atoms with Crippen LogP contribution in [-0.2, 0) is 4.79 Å². The number of likely N-dealkylation sites (tertiary alicyclic amines) is 1. The van der Waals surface area contributed by atoms with Crippen LogP contribution in [0.1, 0.15) is 38.2 Å². The van der Waals surface area contributed by atoms with Crippen molar-refractivity contribution in [3.8, 4) is 6.07 Å². The molecule has 1 saturated heterocycles. The Morgan fingerprint density at radius 3 is 2.65 bits per heavy atom. The molecule has 106 valence electrons. The van der Waals surface area contributed by atoms with Crippen LogP contribution in [0.3, 0.4) is 0 Å². The molecular formula is C16H22N3O+. The van der Waals surface area contributed by atoms with Crippen LogP contribution in [0.2, 0.25) is 0 Å². The highest BCUT2D eigenvalue weighted by Gasteiger charge is 2.25. The molecule has 1 fully saturated rings. The van der Waals surface area contributed by atoms with Gasteiger partial charge in [-0.15, -0.1) is 0 Å². The van der Waals surface area contributed by atoms with Crippen molar-refractivity contribution < 1.29 is 9.69 Å². The van der Waals surface area contributed by atoms with Crippen molar-refractivity contribution in [3.05, 3.63) is 29.8 Å². The number of hydrogen-bond acceptors (Lipinski definition) is 2. The number of carbonyl (C=O) groups is 1. The Morgan fingerprint density at radius 1 is 1.30 bits per heavy atom. The zero-order valence-electron chi connectivity index (χ0n) is 12.0. The number of quaternary nitrogens is 1. The number of hydrogen-bond donors (Lipinski definition) is 2. The molecule has 1 aliphatic heterocycles. The van der Waals surface area contributed by atoms with E-state index in [1.54, 1.807) is 18.2 Å². The van der Waals surface area contributed by atoms with Gasteiger partial charge in [0, 0.05) is 5.69 Å². The summed E-state index contributed by atoms with van der Waals surface area (Å²) in [7, 11) is 0. The molecule has 20 heavy (non-hydrogen) atoms. The fourth-order valence-electron chi connectivity index (χ4n) is 2.72. The van der Waals surface area contributed by atoms with Crippen LogP contribution >= 0.6 is 0 Å². The molecule has 2 N–H and O–H groups in total. The standard InChI is InChI=1S/C16H21N3O/c1-13(19-9-4-2-3-5-10-19)16(20)18-15-8-6-7-14(11-15)12-17/h6-8,11,13H,2-5,9-10H2,1H3,(H,18,20)/p+1/t13-/m0/s1. The summed E-state index contributed by atoms with van der Waals surface area (Å²) in [4.78, 5) is 13.7. The molecule has 1 heterocycles. The Labute approximate surface area is 120 Å². The van der Waals surface area contributed by atoms with Gasteiger partial charge >= 0.3 is 0 Å². The van der Waals surface area contributed by atoms with Crippen molar-refractivity contribution in [1.29, 1.82) is 5.26 Å². The van der Waals surface area contributed by atoms with E-state index in [-0.39, 0.29) is 11.9 Å². The largest absolute Gasteiger partial charge is 0.325 e. The molecule has 4 heteroatoms. The molecule has 0 unspecified atom stereocenters. The van der Waals surface area contributed by atoms with Crippen LogP contribution in [0, 0.1) is 11.3 Å². The average Bonchev–Trinajstić information content (AvgIpc) is 2.75. The fourth-order valence-corrected chi connectivity index (χ4v) is 2.72. The second-order valence-electron chi connectivity index (χ2n) is 5.48. The minimum absolute atomic E-state index is 0.0389. The van der Waals surface area contributed by atoms with Crippen LogP contribution in [0.15, 0.2) is 24.3 Å². The maximum atomic E-state index is 12.3. The van der Waals surface area contributed by atoms with Gasteiger partial charge in [-0.2, -0.15) is 5.26 Å². The molecule has 0 spiro atoms. The summed E-state index contributed by atoms with van der Waals surface area (Å²) in [6, 6.07) is 9.10. The summed E-state index contributed by atoms with van der Waals surface area (Å²) in [6.07, 6.45) is 4.97. The highest BCUT2D eigenvalue weighted by molar-refractivity contribution is 5.93. The molecule has 1 atom stereocenters. The lowest BCUT2D eigenvalue weighted by molar-refractivity contribution is -0.913. The zero-order valence-corrected chi connectivity index (χ0v) is 12.0. The minimum atomic E-state index is -0.0427. The smallest absolute Gasteiger partial charge is 0.282 e. The number of carbonyl (C=O) groups excluding carboxylic acids is 1. The van der Waals surface area contributed by atoms with Crippen molar-refractivity contribution >= 4 is 11.6 Å². The van der Waals surface area contributed by atoms with Gasteiger partial charge in [-0.3, -0.25) is 4.79 Å². The first-order valence-corrected chi connectivity index (χ1v) is 7.36. The molecule has 1 aromatic rings. The van der Waals surface area contributed by atoms with Gasteiger partial charge in [-0.1, -0.05) is 6.07 Å². The highest BCUT2D eigenvalue weighted by Crippen LogP contribution is 2.10. The third-order valence-corrected chi connectivity index (χ3v) is 4.01. The first-order chi connectivity index (χ1) is 9.70. The number of amides is 1. The molecule has 4 nitrogen and oxygen atoms in total. The first-order valence-electron chi connectivity index (χ1n) is 7.36. The fraction of sp³-hybridized carbons (Fsp3) is 0.500. The molecule has 0 aliphatic carbocycles. The van der Waals surface area contributed by atoms with E-state index >= 15 is 0 Å². The Bertz CT molecular complexity index is 499. The normalized spacial score (nSPS) is 17.8. The summed E-state index contributed by atoms with van der Waals surface area (Å²) >= 11 is 0. The topological polar surface area (TPSA) is 57.3 Å². The Kier molecular flexibility index (Phi) is 5.14. The number of nitrogens with one attached hydrogen (secondary N) is 2. The van der Waals surface area contributed by atoms with Crippen molar-refractivity contribution in [2.24, 2.45) is 0 Å². The monoisotopic (exact) mass is 272 g/mol. The second-order valence-corrected chi connectivity index (χ2v) is 5.48. The maximum Gasteiger partial charge on any atom is 0.282 e. The molecule has 0 radical (unpaired) electrons.